The van der Waals surface area contributed by atoms with Crippen molar-refractivity contribution in [1.82, 2.24) is 9.55 Å². The molecule has 2 unspecified atom stereocenters. The van der Waals surface area contributed by atoms with E-state index in [0.29, 0.717) is 5.92 Å². The number of rotatable bonds is 17. The Morgan fingerprint density at radius 1 is 0.743 bits per heavy atom. The maximum atomic E-state index is 5.04. The molecule has 2 atom stereocenters. The largest absolute Gasteiger partial charge is 0.335 e. The smallest absolute Gasteiger partial charge is 0.112 e. The third-order valence-corrected chi connectivity index (χ3v) is 7.77. The van der Waals surface area contributed by atoms with E-state index < -0.39 is 0 Å². The summed E-state index contributed by atoms with van der Waals surface area (Å²) < 4.78 is 2.48. The van der Waals surface area contributed by atoms with E-state index in [1.165, 1.54) is 87.6 Å². The van der Waals surface area contributed by atoms with Crippen molar-refractivity contribution in [2.24, 2.45) is 0 Å². The second kappa shape index (κ2) is 14.9. The van der Waals surface area contributed by atoms with Gasteiger partial charge in [-0.1, -0.05) is 139 Å². The second-order valence-corrected chi connectivity index (χ2v) is 10.6. The number of aryl methyl sites for hydroxylation is 1. The highest BCUT2D eigenvalue weighted by molar-refractivity contribution is 5.33. The van der Waals surface area contributed by atoms with Gasteiger partial charge in [-0.2, -0.15) is 0 Å². The lowest BCUT2D eigenvalue weighted by Gasteiger charge is -2.39. The Bertz CT molecular complexity index is 930. The van der Waals surface area contributed by atoms with E-state index in [0.717, 1.165) is 13.0 Å². The Balaban J connectivity index is 1.92. The fourth-order valence-electron chi connectivity index (χ4n) is 5.66. The number of imidazole rings is 1. The van der Waals surface area contributed by atoms with Crippen LogP contribution in [0.4, 0.5) is 0 Å². The Morgan fingerprint density at radius 3 is 2.03 bits per heavy atom. The molecule has 0 amide bonds. The highest BCUT2D eigenvalue weighted by Gasteiger charge is 2.39. The van der Waals surface area contributed by atoms with Gasteiger partial charge < -0.3 is 4.57 Å². The van der Waals surface area contributed by atoms with E-state index in [-0.39, 0.29) is 5.41 Å². The molecule has 0 spiro atoms. The molecule has 0 aliphatic carbocycles. The highest BCUT2D eigenvalue weighted by atomic mass is 15.1. The molecule has 1 aromatic heterocycles. The van der Waals surface area contributed by atoms with E-state index >= 15 is 0 Å². The summed E-state index contributed by atoms with van der Waals surface area (Å²) >= 11 is 0. The molecule has 2 heteroatoms. The van der Waals surface area contributed by atoms with Gasteiger partial charge in [0.05, 0.1) is 0 Å². The first-order valence-corrected chi connectivity index (χ1v) is 14.3. The summed E-state index contributed by atoms with van der Waals surface area (Å²) in [5.74, 6) is 1.68. The summed E-state index contributed by atoms with van der Waals surface area (Å²) in [5, 5.41) is 0. The van der Waals surface area contributed by atoms with Crippen molar-refractivity contribution in [1.29, 1.82) is 0 Å². The molecule has 0 saturated heterocycles. The van der Waals surface area contributed by atoms with Gasteiger partial charge in [-0.3, -0.25) is 0 Å². The maximum absolute atomic E-state index is 5.04. The fraction of sp³-hybridized carbons (Fsp3) is 0.545. The predicted molar refractivity (Wildman–Crippen MR) is 151 cm³/mol. The van der Waals surface area contributed by atoms with Crippen LogP contribution in [-0.2, 0) is 18.4 Å². The number of aromatic nitrogens is 2. The van der Waals surface area contributed by atoms with Crippen LogP contribution < -0.4 is 0 Å². The summed E-state index contributed by atoms with van der Waals surface area (Å²) in [6.45, 7) is 8.16. The first kappa shape index (κ1) is 27.2. The van der Waals surface area contributed by atoms with Gasteiger partial charge in [-0.15, -0.1) is 0 Å². The maximum Gasteiger partial charge on any atom is 0.112 e. The minimum atomic E-state index is -0.0153. The average molecular weight is 473 g/mol. The first-order valence-electron chi connectivity index (χ1n) is 14.3. The molecule has 3 aromatic rings. The van der Waals surface area contributed by atoms with Crippen LogP contribution in [-0.4, -0.2) is 9.55 Å². The van der Waals surface area contributed by atoms with Crippen LogP contribution in [0, 0.1) is 0 Å². The first-order chi connectivity index (χ1) is 17.2. The second-order valence-electron chi connectivity index (χ2n) is 10.6. The molecule has 190 valence electrons. The number of benzene rings is 2. The Hall–Kier alpha value is -2.35. The molecule has 3 rings (SSSR count). The molecule has 0 radical (unpaired) electrons. The van der Waals surface area contributed by atoms with Crippen molar-refractivity contribution in [3.8, 4) is 0 Å². The number of hydrogen-bond acceptors (Lipinski definition) is 1. The minimum Gasteiger partial charge on any atom is -0.335 e. The Morgan fingerprint density at radius 2 is 1.34 bits per heavy atom. The standard InChI is InChI=1S/C33H48N2/c1-4-6-8-10-11-18-24-31(32-34-25-27-35(32)26-19-9-7-5-2)33(3,30-22-16-13-17-23-30)28-29-20-14-12-15-21-29/h12-17,20-23,25,27,31H,4-11,18-19,24,26,28H2,1-3H3. The molecule has 0 N–H and O–H groups in total. The molecule has 0 aliphatic heterocycles. The van der Waals surface area contributed by atoms with Gasteiger partial charge in [0.15, 0.2) is 0 Å². The summed E-state index contributed by atoms with van der Waals surface area (Å²) in [6.07, 6.45) is 19.6. The zero-order chi connectivity index (χ0) is 24.8. The Kier molecular flexibility index (Phi) is 11.6. The highest BCUT2D eigenvalue weighted by Crippen LogP contribution is 2.44. The van der Waals surface area contributed by atoms with Gasteiger partial charge in [-0.25, -0.2) is 4.98 Å². The quantitative estimate of drug-likeness (QED) is 0.179. The molecule has 0 saturated carbocycles. The van der Waals surface area contributed by atoms with Crippen LogP contribution in [0.3, 0.4) is 0 Å². The summed E-state index contributed by atoms with van der Waals surface area (Å²) in [7, 11) is 0. The van der Waals surface area contributed by atoms with Gasteiger partial charge in [0.25, 0.3) is 0 Å². The zero-order valence-corrected chi connectivity index (χ0v) is 22.6. The van der Waals surface area contributed by atoms with Gasteiger partial charge in [0.1, 0.15) is 5.82 Å². The number of hydrogen-bond donors (Lipinski definition) is 0. The third kappa shape index (κ3) is 8.09. The zero-order valence-electron chi connectivity index (χ0n) is 22.6. The van der Waals surface area contributed by atoms with E-state index in [9.17, 15) is 0 Å². The average Bonchev–Trinajstić information content (AvgIpc) is 3.35. The molecule has 1 heterocycles. The minimum absolute atomic E-state index is 0.0153. The summed E-state index contributed by atoms with van der Waals surface area (Å²) in [6, 6.07) is 22.3. The lowest BCUT2D eigenvalue weighted by Crippen LogP contribution is -2.35. The van der Waals surface area contributed by atoms with Crippen LogP contribution in [0.1, 0.15) is 114 Å². The van der Waals surface area contributed by atoms with E-state index in [1.807, 2.05) is 6.20 Å². The lowest BCUT2D eigenvalue weighted by atomic mass is 9.66. The summed E-state index contributed by atoms with van der Waals surface area (Å²) in [4.78, 5) is 5.04. The fourth-order valence-corrected chi connectivity index (χ4v) is 5.66. The van der Waals surface area contributed by atoms with Crippen molar-refractivity contribution in [2.45, 2.75) is 116 Å². The van der Waals surface area contributed by atoms with Crippen molar-refractivity contribution in [3.63, 3.8) is 0 Å². The SMILES string of the molecule is CCCCCCCCC(c1nccn1CCCCCC)C(C)(Cc1ccccc1)c1ccccc1. The third-order valence-electron chi connectivity index (χ3n) is 7.77. The topological polar surface area (TPSA) is 17.8 Å². The van der Waals surface area contributed by atoms with Crippen molar-refractivity contribution >= 4 is 0 Å². The molecule has 35 heavy (non-hydrogen) atoms. The predicted octanol–water partition coefficient (Wildman–Crippen LogP) is 9.50. The van der Waals surface area contributed by atoms with E-state index in [1.54, 1.807) is 0 Å². The van der Waals surface area contributed by atoms with Crippen LogP contribution >= 0.6 is 0 Å². The van der Waals surface area contributed by atoms with Crippen LogP contribution in [0.5, 0.6) is 0 Å². The van der Waals surface area contributed by atoms with Gasteiger partial charge in [0.2, 0.25) is 0 Å². The molecule has 0 aliphatic rings. The van der Waals surface area contributed by atoms with E-state index in [4.69, 9.17) is 4.98 Å². The van der Waals surface area contributed by atoms with Gasteiger partial charge in [-0.05, 0) is 30.4 Å². The van der Waals surface area contributed by atoms with Gasteiger partial charge >= 0.3 is 0 Å². The molecule has 0 bridgehead atoms. The molecular formula is C33H48N2. The molecular weight excluding hydrogens is 424 g/mol. The molecule has 2 aromatic carbocycles. The van der Waals surface area contributed by atoms with Crippen molar-refractivity contribution < 1.29 is 0 Å². The Labute approximate surface area is 215 Å². The molecule has 2 nitrogen and oxygen atoms in total. The van der Waals surface area contributed by atoms with Crippen LogP contribution in [0.15, 0.2) is 73.1 Å². The molecule has 0 fully saturated rings. The van der Waals surface area contributed by atoms with E-state index in [2.05, 4.69) is 92.2 Å². The van der Waals surface area contributed by atoms with Crippen LogP contribution in [0.2, 0.25) is 0 Å². The van der Waals surface area contributed by atoms with Crippen molar-refractivity contribution in [2.75, 3.05) is 0 Å². The van der Waals surface area contributed by atoms with Crippen molar-refractivity contribution in [3.05, 3.63) is 90.0 Å². The lowest BCUT2D eigenvalue weighted by molar-refractivity contribution is 0.321. The monoisotopic (exact) mass is 472 g/mol. The van der Waals surface area contributed by atoms with Gasteiger partial charge in [0, 0.05) is 30.3 Å². The normalized spacial score (nSPS) is 14.0. The number of nitrogens with zero attached hydrogens (tertiary/aromatic N) is 2. The van der Waals surface area contributed by atoms with Crippen LogP contribution in [0.25, 0.3) is 0 Å². The number of unbranched alkanes of at least 4 members (excludes halogenated alkanes) is 8. The summed E-state index contributed by atoms with van der Waals surface area (Å²) in [5.41, 5.74) is 2.83.